The van der Waals surface area contributed by atoms with E-state index in [0.29, 0.717) is 6.54 Å². The largest absolute Gasteiger partial charge is 0.375 e. The predicted octanol–water partition coefficient (Wildman–Crippen LogP) is 1.57. The molecule has 4 nitrogen and oxygen atoms in total. The minimum atomic E-state index is -0.0933. The van der Waals surface area contributed by atoms with Crippen LogP contribution in [0, 0.1) is 0 Å². The molecular weight excluding hydrogens is 284 g/mol. The van der Waals surface area contributed by atoms with Crippen LogP contribution in [0.5, 0.6) is 0 Å². The van der Waals surface area contributed by atoms with Crippen molar-refractivity contribution < 1.29 is 9.53 Å². The van der Waals surface area contributed by atoms with Crippen LogP contribution < -0.4 is 10.6 Å². The number of nitrogens with one attached hydrogen (secondary N) is 2. The zero-order valence-corrected chi connectivity index (χ0v) is 12.4. The Kier molecular flexibility index (Phi) is 7.23. The Morgan fingerprint density at radius 3 is 2.84 bits per heavy atom. The van der Waals surface area contributed by atoms with Gasteiger partial charge in [0.1, 0.15) is 0 Å². The molecule has 1 saturated heterocycles. The summed E-state index contributed by atoms with van der Waals surface area (Å²) < 4.78 is 5.41. The van der Waals surface area contributed by atoms with Crippen LogP contribution in [0.25, 0.3) is 0 Å². The number of carbonyl (C=O) groups is 1. The van der Waals surface area contributed by atoms with E-state index < -0.39 is 0 Å². The van der Waals surface area contributed by atoms with Gasteiger partial charge in [-0.15, -0.1) is 24.2 Å². The Balaban J connectivity index is 0.00000180. The number of thioether (sulfide) groups is 1. The van der Waals surface area contributed by atoms with Crippen LogP contribution in [0.15, 0.2) is 30.3 Å². The molecule has 2 N–H and O–H groups in total. The third kappa shape index (κ3) is 4.69. The molecule has 2 unspecified atom stereocenters. The zero-order valence-electron chi connectivity index (χ0n) is 10.8. The summed E-state index contributed by atoms with van der Waals surface area (Å²) in [6.45, 7) is 0.502. The summed E-state index contributed by atoms with van der Waals surface area (Å²) in [6.07, 6.45) is -0.0933. The van der Waals surface area contributed by atoms with Gasteiger partial charge in [0.2, 0.25) is 5.91 Å². The topological polar surface area (TPSA) is 50.4 Å². The first-order valence-corrected chi connectivity index (χ1v) is 7.13. The van der Waals surface area contributed by atoms with E-state index in [4.69, 9.17) is 4.74 Å². The lowest BCUT2D eigenvalue weighted by atomic mass is 10.1. The first-order chi connectivity index (χ1) is 8.81. The fourth-order valence-corrected chi connectivity index (χ4v) is 2.83. The van der Waals surface area contributed by atoms with E-state index in [1.807, 2.05) is 30.3 Å². The lowest BCUT2D eigenvalue weighted by molar-refractivity contribution is -0.123. The van der Waals surface area contributed by atoms with Crippen LogP contribution in [0.4, 0.5) is 0 Å². The second-order valence-corrected chi connectivity index (χ2v) is 5.18. The van der Waals surface area contributed by atoms with Crippen LogP contribution >= 0.6 is 24.2 Å². The molecule has 0 aromatic heterocycles. The van der Waals surface area contributed by atoms with E-state index in [1.165, 1.54) is 0 Å². The maximum atomic E-state index is 11.9. The molecule has 1 fully saturated rings. The third-order valence-electron chi connectivity index (χ3n) is 2.95. The number of carbonyl (C=O) groups excluding carboxylic acids is 1. The maximum Gasteiger partial charge on any atom is 0.238 e. The molecule has 0 aliphatic carbocycles. The molecule has 2 atom stereocenters. The SMILES string of the molecule is COC(CNC(=O)C1CSCN1)c1ccccc1.Cl. The average molecular weight is 303 g/mol. The van der Waals surface area contributed by atoms with Crippen molar-refractivity contribution in [3.63, 3.8) is 0 Å². The Morgan fingerprint density at radius 1 is 1.53 bits per heavy atom. The van der Waals surface area contributed by atoms with E-state index in [9.17, 15) is 4.79 Å². The molecule has 1 aliphatic rings. The van der Waals surface area contributed by atoms with Gasteiger partial charge in [0.05, 0.1) is 12.1 Å². The molecule has 1 amide bonds. The normalized spacial score (nSPS) is 19.5. The monoisotopic (exact) mass is 302 g/mol. The maximum absolute atomic E-state index is 11.9. The quantitative estimate of drug-likeness (QED) is 0.867. The lowest BCUT2D eigenvalue weighted by Crippen LogP contribution is -2.43. The molecule has 106 valence electrons. The van der Waals surface area contributed by atoms with Crippen molar-refractivity contribution >= 4 is 30.1 Å². The van der Waals surface area contributed by atoms with Gasteiger partial charge in [-0.2, -0.15) is 0 Å². The lowest BCUT2D eigenvalue weighted by Gasteiger charge is -2.18. The van der Waals surface area contributed by atoms with Gasteiger partial charge in [-0.3, -0.25) is 10.1 Å². The Labute approximate surface area is 124 Å². The Morgan fingerprint density at radius 2 is 2.26 bits per heavy atom. The molecule has 1 heterocycles. The number of benzene rings is 1. The standard InChI is InChI=1S/C13H18N2O2S.ClH/c1-17-12(10-5-3-2-4-6-10)7-14-13(16)11-8-18-9-15-11;/h2-6,11-12,15H,7-9H2,1H3,(H,14,16);1H. The van der Waals surface area contributed by atoms with E-state index in [-0.39, 0.29) is 30.5 Å². The summed E-state index contributed by atoms with van der Waals surface area (Å²) in [5, 5.41) is 6.08. The summed E-state index contributed by atoms with van der Waals surface area (Å²) in [5.41, 5.74) is 1.08. The molecule has 6 heteroatoms. The number of rotatable bonds is 5. The van der Waals surface area contributed by atoms with Crippen molar-refractivity contribution in [3.8, 4) is 0 Å². The van der Waals surface area contributed by atoms with Gasteiger partial charge < -0.3 is 10.1 Å². The van der Waals surface area contributed by atoms with Gasteiger partial charge in [0.15, 0.2) is 0 Å². The van der Waals surface area contributed by atoms with Gasteiger partial charge >= 0.3 is 0 Å². The predicted molar refractivity (Wildman–Crippen MR) is 80.7 cm³/mol. The molecule has 1 aromatic carbocycles. The highest BCUT2D eigenvalue weighted by molar-refractivity contribution is 7.99. The highest BCUT2D eigenvalue weighted by Crippen LogP contribution is 2.15. The summed E-state index contributed by atoms with van der Waals surface area (Å²) in [6, 6.07) is 9.85. The fraction of sp³-hybridized carbons (Fsp3) is 0.462. The third-order valence-corrected chi connectivity index (χ3v) is 3.89. The molecule has 0 radical (unpaired) electrons. The minimum Gasteiger partial charge on any atom is -0.375 e. The first kappa shape index (κ1) is 16.3. The minimum absolute atomic E-state index is 0. The second-order valence-electron chi connectivity index (χ2n) is 4.15. The van der Waals surface area contributed by atoms with Crippen molar-refractivity contribution in [1.29, 1.82) is 0 Å². The summed E-state index contributed by atoms with van der Waals surface area (Å²) in [7, 11) is 1.66. The van der Waals surface area contributed by atoms with E-state index in [0.717, 1.165) is 17.2 Å². The van der Waals surface area contributed by atoms with E-state index >= 15 is 0 Å². The molecule has 0 spiro atoms. The number of amides is 1. The van der Waals surface area contributed by atoms with Crippen molar-refractivity contribution in [1.82, 2.24) is 10.6 Å². The molecule has 2 rings (SSSR count). The van der Waals surface area contributed by atoms with Crippen molar-refractivity contribution in [2.24, 2.45) is 0 Å². The van der Waals surface area contributed by atoms with Crippen molar-refractivity contribution in [2.75, 3.05) is 25.3 Å². The average Bonchev–Trinajstić information content (AvgIpc) is 2.94. The second kappa shape index (κ2) is 8.43. The Bertz CT molecular complexity index is 385. The van der Waals surface area contributed by atoms with Gasteiger partial charge in [0.25, 0.3) is 0 Å². The van der Waals surface area contributed by atoms with Crippen LogP contribution in [-0.2, 0) is 9.53 Å². The Hall–Kier alpha value is -0.750. The molecular formula is C13H19ClN2O2S. The fourth-order valence-electron chi connectivity index (χ4n) is 1.89. The van der Waals surface area contributed by atoms with Gasteiger partial charge in [-0.1, -0.05) is 30.3 Å². The smallest absolute Gasteiger partial charge is 0.238 e. The summed E-state index contributed by atoms with van der Waals surface area (Å²) in [5.74, 6) is 1.75. The van der Waals surface area contributed by atoms with Crippen LogP contribution in [0.1, 0.15) is 11.7 Å². The van der Waals surface area contributed by atoms with Crippen molar-refractivity contribution in [2.45, 2.75) is 12.1 Å². The number of hydrogen-bond acceptors (Lipinski definition) is 4. The van der Waals surface area contributed by atoms with Crippen LogP contribution in [0.2, 0.25) is 0 Å². The summed E-state index contributed by atoms with van der Waals surface area (Å²) in [4.78, 5) is 11.9. The van der Waals surface area contributed by atoms with E-state index in [2.05, 4.69) is 10.6 Å². The van der Waals surface area contributed by atoms with Crippen LogP contribution in [0.3, 0.4) is 0 Å². The zero-order chi connectivity index (χ0) is 12.8. The number of halogens is 1. The first-order valence-electron chi connectivity index (χ1n) is 5.98. The van der Waals surface area contributed by atoms with Crippen molar-refractivity contribution in [3.05, 3.63) is 35.9 Å². The number of ether oxygens (including phenoxy) is 1. The molecule has 1 aliphatic heterocycles. The van der Waals surface area contributed by atoms with E-state index in [1.54, 1.807) is 18.9 Å². The van der Waals surface area contributed by atoms with Crippen LogP contribution in [-0.4, -0.2) is 37.2 Å². The highest BCUT2D eigenvalue weighted by atomic mass is 35.5. The van der Waals surface area contributed by atoms with Gasteiger partial charge in [0, 0.05) is 25.3 Å². The van der Waals surface area contributed by atoms with Gasteiger partial charge in [-0.05, 0) is 5.56 Å². The molecule has 1 aromatic rings. The molecule has 19 heavy (non-hydrogen) atoms. The number of methoxy groups -OCH3 is 1. The molecule has 0 saturated carbocycles. The summed E-state index contributed by atoms with van der Waals surface area (Å²) >= 11 is 1.74. The molecule has 0 bridgehead atoms. The number of hydrogen-bond donors (Lipinski definition) is 2. The highest BCUT2D eigenvalue weighted by Gasteiger charge is 2.23. The van der Waals surface area contributed by atoms with Gasteiger partial charge in [-0.25, -0.2) is 0 Å².